The van der Waals surface area contributed by atoms with E-state index in [1.807, 2.05) is 36.4 Å². The zero-order chi connectivity index (χ0) is 21.0. The van der Waals surface area contributed by atoms with Gasteiger partial charge in [-0.05, 0) is 30.6 Å². The Bertz CT molecular complexity index is 1100. The van der Waals surface area contributed by atoms with Gasteiger partial charge in [0.05, 0.1) is 5.69 Å². The molecule has 0 aliphatic carbocycles. The number of fused-ring (bicyclic) bond motifs is 1. The number of benzene rings is 3. The summed E-state index contributed by atoms with van der Waals surface area (Å²) in [6.45, 7) is 4.76. The van der Waals surface area contributed by atoms with Crippen LogP contribution in [-0.2, 0) is 10.0 Å². The average molecular weight is 426 g/mol. The van der Waals surface area contributed by atoms with E-state index in [4.69, 9.17) is 4.74 Å². The van der Waals surface area contributed by atoms with Crippen LogP contribution in [0.3, 0.4) is 0 Å². The van der Waals surface area contributed by atoms with Gasteiger partial charge in [-0.1, -0.05) is 48.5 Å². The molecule has 0 amide bonds. The molecule has 6 nitrogen and oxygen atoms in total. The van der Waals surface area contributed by atoms with Crippen LogP contribution < -0.4 is 14.4 Å². The number of hydrogen-bond acceptors (Lipinski definition) is 5. The number of rotatable bonds is 7. The Morgan fingerprint density at radius 1 is 0.900 bits per heavy atom. The fourth-order valence-electron chi connectivity index (χ4n) is 3.87. The van der Waals surface area contributed by atoms with Crippen LogP contribution in [-0.4, -0.2) is 59.7 Å². The third-order valence-electron chi connectivity index (χ3n) is 5.55. The Balaban J connectivity index is 1.34. The molecule has 30 heavy (non-hydrogen) atoms. The van der Waals surface area contributed by atoms with Gasteiger partial charge in [0.1, 0.15) is 17.3 Å². The smallest absolute Gasteiger partial charge is 0.242 e. The Labute approximate surface area is 178 Å². The van der Waals surface area contributed by atoms with Crippen LogP contribution in [0, 0.1) is 0 Å². The van der Waals surface area contributed by atoms with Gasteiger partial charge >= 0.3 is 0 Å². The van der Waals surface area contributed by atoms with Crippen LogP contribution in [0.25, 0.3) is 10.8 Å². The van der Waals surface area contributed by atoms with Gasteiger partial charge in [-0.25, -0.2) is 13.1 Å². The zero-order valence-corrected chi connectivity index (χ0v) is 17.9. The molecule has 0 bridgehead atoms. The maximum absolute atomic E-state index is 12.3. The maximum Gasteiger partial charge on any atom is 0.242 e. The van der Waals surface area contributed by atoms with Gasteiger partial charge in [-0.2, -0.15) is 0 Å². The van der Waals surface area contributed by atoms with Crippen molar-refractivity contribution in [2.24, 2.45) is 0 Å². The van der Waals surface area contributed by atoms with Crippen LogP contribution in [0.5, 0.6) is 5.75 Å². The van der Waals surface area contributed by atoms with Crippen LogP contribution in [0.1, 0.15) is 0 Å². The van der Waals surface area contributed by atoms with E-state index < -0.39 is 10.0 Å². The number of piperazine rings is 1. The summed E-state index contributed by atoms with van der Waals surface area (Å²) in [7, 11) is -2.04. The van der Waals surface area contributed by atoms with E-state index in [1.165, 1.54) is 12.4 Å². The molecule has 7 heteroatoms. The first-order valence-corrected chi connectivity index (χ1v) is 11.7. The highest BCUT2D eigenvalue weighted by molar-refractivity contribution is 7.89. The molecule has 1 aliphatic rings. The molecule has 158 valence electrons. The SMILES string of the molecule is CNS(=O)(=O)c1ccccc1N1CCN(CCOc2cccc3ccccc23)CC1. The quantitative estimate of drug-likeness (QED) is 0.631. The molecule has 1 fully saturated rings. The van der Waals surface area contributed by atoms with Crippen molar-refractivity contribution in [3.8, 4) is 5.75 Å². The minimum Gasteiger partial charge on any atom is -0.492 e. The number of nitrogens with zero attached hydrogens (tertiary/aromatic N) is 2. The van der Waals surface area contributed by atoms with E-state index in [1.54, 1.807) is 12.1 Å². The molecule has 1 aliphatic heterocycles. The second kappa shape index (κ2) is 9.04. The number of para-hydroxylation sites is 1. The van der Waals surface area contributed by atoms with Gasteiger partial charge in [0, 0.05) is 38.1 Å². The van der Waals surface area contributed by atoms with E-state index in [-0.39, 0.29) is 0 Å². The second-order valence-corrected chi connectivity index (χ2v) is 9.18. The third kappa shape index (κ3) is 4.43. The molecule has 0 atom stereocenters. The molecule has 0 aromatic heterocycles. The average Bonchev–Trinajstić information content (AvgIpc) is 2.80. The van der Waals surface area contributed by atoms with Crippen LogP contribution in [0.15, 0.2) is 71.6 Å². The van der Waals surface area contributed by atoms with Gasteiger partial charge in [-0.15, -0.1) is 0 Å². The molecule has 1 heterocycles. The Morgan fingerprint density at radius 2 is 1.60 bits per heavy atom. The first-order valence-electron chi connectivity index (χ1n) is 10.2. The monoisotopic (exact) mass is 425 g/mol. The lowest BCUT2D eigenvalue weighted by Gasteiger charge is -2.36. The Kier molecular flexibility index (Phi) is 6.22. The summed E-state index contributed by atoms with van der Waals surface area (Å²) in [5, 5.41) is 2.31. The maximum atomic E-state index is 12.3. The van der Waals surface area contributed by atoms with E-state index >= 15 is 0 Å². The van der Waals surface area contributed by atoms with Crippen molar-refractivity contribution in [3.63, 3.8) is 0 Å². The number of sulfonamides is 1. The molecule has 0 spiro atoms. The Hall–Kier alpha value is -2.61. The number of hydrogen-bond donors (Lipinski definition) is 1. The van der Waals surface area contributed by atoms with Gasteiger partial charge in [-0.3, -0.25) is 4.90 Å². The topological polar surface area (TPSA) is 61.9 Å². The lowest BCUT2D eigenvalue weighted by Crippen LogP contribution is -2.48. The number of anilines is 1. The van der Waals surface area contributed by atoms with Crippen LogP contribution in [0.2, 0.25) is 0 Å². The minimum atomic E-state index is -3.48. The highest BCUT2D eigenvalue weighted by Crippen LogP contribution is 2.27. The molecular formula is C23H27N3O3S. The fourth-order valence-corrected chi connectivity index (χ4v) is 4.82. The molecular weight excluding hydrogens is 398 g/mol. The minimum absolute atomic E-state index is 0.334. The summed E-state index contributed by atoms with van der Waals surface area (Å²) in [5.41, 5.74) is 0.763. The van der Waals surface area contributed by atoms with Crippen molar-refractivity contribution < 1.29 is 13.2 Å². The van der Waals surface area contributed by atoms with E-state index in [9.17, 15) is 8.42 Å². The standard InChI is InChI=1S/C23H27N3O3S/c1-24-30(27,28)23-12-5-4-10-21(23)26-15-13-25(14-16-26)17-18-29-22-11-6-8-19-7-2-3-9-20(19)22/h2-12,24H,13-18H2,1H3. The highest BCUT2D eigenvalue weighted by Gasteiger charge is 2.23. The lowest BCUT2D eigenvalue weighted by atomic mass is 10.1. The predicted molar refractivity (Wildman–Crippen MR) is 121 cm³/mol. The summed E-state index contributed by atoms with van der Waals surface area (Å²) in [4.78, 5) is 4.84. The van der Waals surface area contributed by atoms with Crippen molar-refractivity contribution in [3.05, 3.63) is 66.7 Å². The summed E-state index contributed by atoms with van der Waals surface area (Å²) >= 11 is 0. The molecule has 3 aromatic rings. The van der Waals surface area contributed by atoms with Gasteiger partial charge in [0.15, 0.2) is 0 Å². The summed E-state index contributed by atoms with van der Waals surface area (Å²) in [6, 6.07) is 21.5. The van der Waals surface area contributed by atoms with E-state index in [0.29, 0.717) is 11.5 Å². The first-order chi connectivity index (χ1) is 14.6. The predicted octanol–water partition coefficient (Wildman–Crippen LogP) is 2.95. The molecule has 3 aromatic carbocycles. The molecule has 0 unspecified atom stereocenters. The first kappa shape index (κ1) is 20.7. The summed E-state index contributed by atoms with van der Waals surface area (Å²) in [5.74, 6) is 0.915. The van der Waals surface area contributed by atoms with Crippen molar-refractivity contribution >= 4 is 26.5 Å². The van der Waals surface area contributed by atoms with Crippen molar-refractivity contribution in [2.75, 3.05) is 51.3 Å². The van der Waals surface area contributed by atoms with E-state index in [0.717, 1.165) is 49.5 Å². The summed E-state index contributed by atoms with van der Waals surface area (Å²) < 4.78 is 33.2. The van der Waals surface area contributed by atoms with Crippen molar-refractivity contribution in [2.45, 2.75) is 4.90 Å². The fraction of sp³-hybridized carbons (Fsp3) is 0.304. The Morgan fingerprint density at radius 3 is 2.40 bits per heavy atom. The van der Waals surface area contributed by atoms with Crippen LogP contribution in [0.4, 0.5) is 5.69 Å². The third-order valence-corrected chi connectivity index (χ3v) is 7.01. The molecule has 0 radical (unpaired) electrons. The normalized spacial score (nSPS) is 15.4. The van der Waals surface area contributed by atoms with Gasteiger partial charge in [0.2, 0.25) is 10.0 Å². The summed E-state index contributed by atoms with van der Waals surface area (Å²) in [6.07, 6.45) is 0. The van der Waals surface area contributed by atoms with Crippen molar-refractivity contribution in [1.29, 1.82) is 0 Å². The largest absolute Gasteiger partial charge is 0.492 e. The molecule has 4 rings (SSSR count). The van der Waals surface area contributed by atoms with Crippen molar-refractivity contribution in [1.82, 2.24) is 9.62 Å². The van der Waals surface area contributed by atoms with Gasteiger partial charge in [0.25, 0.3) is 0 Å². The van der Waals surface area contributed by atoms with E-state index in [2.05, 4.69) is 32.7 Å². The molecule has 1 saturated heterocycles. The van der Waals surface area contributed by atoms with Gasteiger partial charge < -0.3 is 9.64 Å². The molecule has 0 saturated carbocycles. The second-order valence-electron chi connectivity index (χ2n) is 7.33. The molecule has 1 N–H and O–H groups in total. The zero-order valence-electron chi connectivity index (χ0n) is 17.1. The lowest BCUT2D eigenvalue weighted by molar-refractivity contribution is 0.201. The van der Waals surface area contributed by atoms with Crippen LogP contribution >= 0.6 is 0 Å². The highest BCUT2D eigenvalue weighted by atomic mass is 32.2. The number of nitrogens with one attached hydrogen (secondary N) is 1. The number of ether oxygens (including phenoxy) is 1.